The molecule has 0 radical (unpaired) electrons. The molecule has 10 nitrogen and oxygen atoms in total. The van der Waals surface area contributed by atoms with Gasteiger partial charge >= 0.3 is 18.3 Å². The van der Waals surface area contributed by atoms with Gasteiger partial charge in [-0.1, -0.05) is 0 Å². The van der Waals surface area contributed by atoms with E-state index in [-0.39, 0.29) is 0 Å². The maximum Gasteiger partial charge on any atom is 0.426 e. The van der Waals surface area contributed by atoms with Crippen LogP contribution in [0.1, 0.15) is 16.8 Å². The SMILES string of the molecule is O=C(OCCC(O)(C(F)(F)F)C(F)(F)F)c1cc(S(=O)(=O)O)c2cc(O)cc(S(=O)(=O)O)c2c1. The quantitative estimate of drug-likeness (QED) is 0.241. The number of carbonyl (C=O) groups excluding carboxylic acids is 1. The van der Waals surface area contributed by atoms with E-state index in [2.05, 4.69) is 4.74 Å². The minimum atomic E-state index is -6.20. The minimum absolute atomic E-state index is 0.326. The Bertz CT molecular complexity index is 1330. The number of phenols is 1. The van der Waals surface area contributed by atoms with Crippen molar-refractivity contribution in [2.24, 2.45) is 0 Å². The van der Waals surface area contributed by atoms with E-state index in [4.69, 9.17) is 5.11 Å². The van der Waals surface area contributed by atoms with Crippen LogP contribution in [0.25, 0.3) is 10.8 Å². The molecule has 0 aliphatic rings. The number of phenolic OH excluding ortho intramolecular Hbond substituents is 1. The van der Waals surface area contributed by atoms with Crippen molar-refractivity contribution in [3.8, 4) is 5.75 Å². The molecule has 34 heavy (non-hydrogen) atoms. The molecular formula is C16H12F6O10S2. The first-order valence-corrected chi connectivity index (χ1v) is 11.3. The van der Waals surface area contributed by atoms with Gasteiger partial charge < -0.3 is 14.9 Å². The van der Waals surface area contributed by atoms with Crippen molar-refractivity contribution in [3.05, 3.63) is 29.8 Å². The van der Waals surface area contributed by atoms with Crippen molar-refractivity contribution in [1.29, 1.82) is 0 Å². The molecule has 0 spiro atoms. The van der Waals surface area contributed by atoms with Gasteiger partial charge in [-0.2, -0.15) is 43.2 Å². The van der Waals surface area contributed by atoms with Crippen LogP contribution >= 0.6 is 0 Å². The number of halogens is 6. The average molecular weight is 542 g/mol. The van der Waals surface area contributed by atoms with Gasteiger partial charge in [0.25, 0.3) is 25.8 Å². The zero-order chi connectivity index (χ0) is 26.5. The molecule has 0 amide bonds. The van der Waals surface area contributed by atoms with Crippen LogP contribution in [0.2, 0.25) is 0 Å². The zero-order valence-corrected chi connectivity index (χ0v) is 17.7. The normalized spacial score (nSPS) is 13.8. The maximum absolute atomic E-state index is 12.7. The van der Waals surface area contributed by atoms with E-state index in [1.54, 1.807) is 0 Å². The van der Waals surface area contributed by atoms with Gasteiger partial charge in [-0.05, 0) is 18.2 Å². The van der Waals surface area contributed by atoms with Crippen molar-refractivity contribution >= 4 is 37.0 Å². The van der Waals surface area contributed by atoms with Crippen molar-refractivity contribution in [1.82, 2.24) is 0 Å². The lowest BCUT2D eigenvalue weighted by atomic mass is 9.99. The lowest BCUT2D eigenvalue weighted by Gasteiger charge is -2.32. The molecule has 2 aromatic carbocycles. The summed E-state index contributed by atoms with van der Waals surface area (Å²) >= 11 is 0. The van der Waals surface area contributed by atoms with Gasteiger partial charge in [-0.15, -0.1) is 0 Å². The number of aromatic hydroxyl groups is 1. The van der Waals surface area contributed by atoms with Gasteiger partial charge in [-0.25, -0.2) is 4.79 Å². The number of carbonyl (C=O) groups is 1. The highest BCUT2D eigenvalue weighted by molar-refractivity contribution is 7.86. The van der Waals surface area contributed by atoms with Crippen LogP contribution in [-0.4, -0.2) is 66.7 Å². The highest BCUT2D eigenvalue weighted by atomic mass is 32.2. The van der Waals surface area contributed by atoms with Crippen LogP contribution < -0.4 is 0 Å². The number of hydrogen-bond acceptors (Lipinski definition) is 8. The first-order chi connectivity index (χ1) is 15.1. The summed E-state index contributed by atoms with van der Waals surface area (Å²) < 4.78 is 146. The van der Waals surface area contributed by atoms with Gasteiger partial charge in [-0.3, -0.25) is 9.11 Å². The van der Waals surface area contributed by atoms with Crippen molar-refractivity contribution in [2.45, 2.75) is 34.2 Å². The molecule has 2 rings (SSSR count). The van der Waals surface area contributed by atoms with E-state index in [0.717, 1.165) is 0 Å². The number of aliphatic hydroxyl groups is 1. The summed E-state index contributed by atoms with van der Waals surface area (Å²) in [5.41, 5.74) is -6.24. The number of ether oxygens (including phenoxy) is 1. The Kier molecular flexibility index (Phi) is 6.91. The second-order valence-corrected chi connectivity index (χ2v) is 9.49. The number of esters is 1. The van der Waals surface area contributed by atoms with Crippen LogP contribution in [0.15, 0.2) is 34.1 Å². The average Bonchev–Trinajstić information content (AvgIpc) is 2.62. The third kappa shape index (κ3) is 5.35. The second kappa shape index (κ2) is 8.52. The molecule has 0 saturated carbocycles. The Balaban J connectivity index is 2.56. The topological polar surface area (TPSA) is 176 Å². The van der Waals surface area contributed by atoms with E-state index in [1.165, 1.54) is 0 Å². The first kappa shape index (κ1) is 27.6. The Morgan fingerprint density at radius 2 is 1.26 bits per heavy atom. The zero-order valence-electron chi connectivity index (χ0n) is 16.0. The molecule has 0 aliphatic carbocycles. The molecule has 0 fully saturated rings. The minimum Gasteiger partial charge on any atom is -0.508 e. The highest BCUT2D eigenvalue weighted by Gasteiger charge is 2.70. The molecule has 0 bridgehead atoms. The Morgan fingerprint density at radius 3 is 1.71 bits per heavy atom. The Hall–Kier alpha value is -2.67. The molecule has 4 N–H and O–H groups in total. The van der Waals surface area contributed by atoms with Gasteiger partial charge in [0, 0.05) is 23.3 Å². The summed E-state index contributed by atoms with van der Waals surface area (Å²) in [6, 6.07) is 1.89. The van der Waals surface area contributed by atoms with Crippen LogP contribution in [0.5, 0.6) is 5.75 Å². The predicted octanol–water partition coefficient (Wildman–Crippen LogP) is 2.44. The standard InChI is InChI=1S/C16H12F6O10S2/c17-15(18,19)14(25,16(20,21)22)1-2-32-13(24)7-3-9-10(11(4-7)33(26,27)28)5-8(23)6-12(9)34(29,30)31/h3-6,23,25H,1-2H2,(H,26,27,28)(H,29,30,31). The van der Waals surface area contributed by atoms with E-state index < -0.39 is 89.1 Å². The van der Waals surface area contributed by atoms with Gasteiger partial charge in [0.2, 0.25) is 0 Å². The van der Waals surface area contributed by atoms with Gasteiger partial charge in [0.05, 0.1) is 12.2 Å². The fourth-order valence-corrected chi connectivity index (χ4v) is 4.18. The van der Waals surface area contributed by atoms with Crippen LogP contribution in [0.4, 0.5) is 26.3 Å². The van der Waals surface area contributed by atoms with E-state index in [1.807, 2.05) is 0 Å². The smallest absolute Gasteiger partial charge is 0.426 e. The van der Waals surface area contributed by atoms with Crippen molar-refractivity contribution < 1.29 is 72.0 Å². The van der Waals surface area contributed by atoms with E-state index in [9.17, 15) is 62.2 Å². The molecule has 0 heterocycles. The summed E-state index contributed by atoms with van der Waals surface area (Å²) in [5.74, 6) is -2.69. The molecule has 0 aromatic heterocycles. The lowest BCUT2D eigenvalue weighted by Crippen LogP contribution is -2.57. The predicted molar refractivity (Wildman–Crippen MR) is 97.2 cm³/mol. The van der Waals surface area contributed by atoms with E-state index >= 15 is 0 Å². The Labute approximate surface area is 185 Å². The molecule has 190 valence electrons. The number of fused-ring (bicyclic) bond motifs is 1. The molecule has 0 unspecified atom stereocenters. The number of benzene rings is 2. The summed E-state index contributed by atoms with van der Waals surface area (Å²) in [7, 11) is -10.5. The maximum atomic E-state index is 12.7. The number of hydrogen-bond donors (Lipinski definition) is 4. The van der Waals surface area contributed by atoms with E-state index in [0.29, 0.717) is 24.3 Å². The second-order valence-electron chi connectivity index (χ2n) is 6.71. The molecular weight excluding hydrogens is 530 g/mol. The molecule has 0 saturated heterocycles. The van der Waals surface area contributed by atoms with Gasteiger partial charge in [0.1, 0.15) is 15.5 Å². The van der Waals surface area contributed by atoms with Crippen LogP contribution in [-0.2, 0) is 25.0 Å². The molecule has 0 atom stereocenters. The fraction of sp³-hybridized carbons (Fsp3) is 0.312. The van der Waals surface area contributed by atoms with Crippen molar-refractivity contribution in [2.75, 3.05) is 6.61 Å². The van der Waals surface area contributed by atoms with Crippen LogP contribution in [0.3, 0.4) is 0 Å². The number of rotatable bonds is 6. The third-order valence-electron chi connectivity index (χ3n) is 4.41. The van der Waals surface area contributed by atoms with Gasteiger partial charge in [0.15, 0.2) is 0 Å². The molecule has 0 aliphatic heterocycles. The Morgan fingerprint density at radius 1 is 0.824 bits per heavy atom. The highest BCUT2D eigenvalue weighted by Crippen LogP contribution is 2.45. The monoisotopic (exact) mass is 542 g/mol. The summed E-state index contributed by atoms with van der Waals surface area (Å²) in [4.78, 5) is 9.79. The summed E-state index contributed by atoms with van der Waals surface area (Å²) in [6.07, 6.45) is -14.6. The fourth-order valence-electron chi connectivity index (χ4n) is 2.74. The van der Waals surface area contributed by atoms with Crippen molar-refractivity contribution in [3.63, 3.8) is 0 Å². The lowest BCUT2D eigenvalue weighted by molar-refractivity contribution is -0.371. The number of alkyl halides is 6. The molecule has 2 aromatic rings. The molecule has 18 heteroatoms. The van der Waals surface area contributed by atoms with Crippen LogP contribution in [0, 0.1) is 0 Å². The summed E-state index contributed by atoms with van der Waals surface area (Å²) in [6.45, 7) is -1.69. The summed E-state index contributed by atoms with van der Waals surface area (Å²) in [5, 5.41) is 17.1. The third-order valence-corrected chi connectivity index (χ3v) is 6.19. The largest absolute Gasteiger partial charge is 0.508 e. The first-order valence-electron chi connectivity index (χ1n) is 8.38.